The molecule has 3 N–H and O–H groups in total. The third-order valence-electron chi connectivity index (χ3n) is 2.13. The van der Waals surface area contributed by atoms with E-state index >= 15 is 0 Å². The second kappa shape index (κ2) is 6.52. The number of amides is 1. The summed E-state index contributed by atoms with van der Waals surface area (Å²) in [6.07, 6.45) is 0.311. The van der Waals surface area contributed by atoms with E-state index in [0.29, 0.717) is 25.1 Å². The average Bonchev–Trinajstić information content (AvgIpc) is 2.30. The molecule has 5 heteroatoms. The third kappa shape index (κ3) is 4.55. The first-order chi connectivity index (χ1) is 8.13. The summed E-state index contributed by atoms with van der Waals surface area (Å²) in [6.45, 7) is 2.66. The van der Waals surface area contributed by atoms with Gasteiger partial charge in [-0.15, -0.1) is 0 Å². The first kappa shape index (κ1) is 13.0. The lowest BCUT2D eigenvalue weighted by Gasteiger charge is -2.06. The maximum atomic E-state index is 11.1. The maximum Gasteiger partial charge on any atom is 0.307 e. The van der Waals surface area contributed by atoms with Crippen LogP contribution in [0.25, 0.3) is 0 Å². The van der Waals surface area contributed by atoms with E-state index in [4.69, 9.17) is 10.5 Å². The van der Waals surface area contributed by atoms with Crippen LogP contribution >= 0.6 is 0 Å². The van der Waals surface area contributed by atoms with Crippen molar-refractivity contribution in [3.8, 4) is 0 Å². The second-order valence-corrected chi connectivity index (χ2v) is 3.42. The van der Waals surface area contributed by atoms with Crippen molar-refractivity contribution in [1.29, 1.82) is 0 Å². The van der Waals surface area contributed by atoms with Crippen molar-refractivity contribution in [2.24, 2.45) is 5.73 Å². The topological polar surface area (TPSA) is 81.4 Å². The van der Waals surface area contributed by atoms with Crippen LogP contribution in [0.15, 0.2) is 24.3 Å². The van der Waals surface area contributed by atoms with Gasteiger partial charge in [-0.25, -0.2) is 0 Å². The summed E-state index contributed by atoms with van der Waals surface area (Å²) in [4.78, 5) is 21.9. The Bertz CT molecular complexity index is 387. The van der Waals surface area contributed by atoms with Gasteiger partial charge in [0.05, 0.1) is 13.0 Å². The molecule has 5 nitrogen and oxygen atoms in total. The zero-order valence-corrected chi connectivity index (χ0v) is 9.73. The Hall–Kier alpha value is -2.04. The maximum absolute atomic E-state index is 11.1. The number of anilines is 1. The zero-order valence-electron chi connectivity index (χ0n) is 9.73. The summed E-state index contributed by atoms with van der Waals surface area (Å²) in [5.41, 5.74) is 6.41. The molecule has 0 aromatic heterocycles. The highest BCUT2D eigenvalue weighted by Crippen LogP contribution is 2.08. The summed E-state index contributed by atoms with van der Waals surface area (Å²) < 4.78 is 4.79. The third-order valence-corrected chi connectivity index (χ3v) is 2.13. The smallest absolute Gasteiger partial charge is 0.307 e. The lowest BCUT2D eigenvalue weighted by atomic mass is 10.2. The van der Waals surface area contributed by atoms with E-state index in [0.717, 1.165) is 5.69 Å². The fourth-order valence-electron chi connectivity index (χ4n) is 1.29. The van der Waals surface area contributed by atoms with Crippen LogP contribution in [0.1, 0.15) is 23.7 Å². The highest BCUT2D eigenvalue weighted by molar-refractivity contribution is 5.93. The fourth-order valence-corrected chi connectivity index (χ4v) is 1.29. The van der Waals surface area contributed by atoms with Crippen molar-refractivity contribution in [2.45, 2.75) is 13.3 Å². The van der Waals surface area contributed by atoms with Crippen molar-refractivity contribution < 1.29 is 14.3 Å². The molecule has 0 bridgehead atoms. The van der Waals surface area contributed by atoms with Gasteiger partial charge in [0, 0.05) is 17.8 Å². The number of rotatable bonds is 6. The Morgan fingerprint density at radius 1 is 1.29 bits per heavy atom. The van der Waals surface area contributed by atoms with E-state index in [1.54, 1.807) is 31.2 Å². The molecule has 0 radical (unpaired) electrons. The molecule has 0 aliphatic rings. The predicted molar refractivity (Wildman–Crippen MR) is 64.7 cm³/mol. The van der Waals surface area contributed by atoms with Crippen molar-refractivity contribution >= 4 is 17.6 Å². The van der Waals surface area contributed by atoms with E-state index < -0.39 is 5.91 Å². The number of ether oxygens (including phenoxy) is 1. The summed E-state index contributed by atoms with van der Waals surface area (Å²) in [5.74, 6) is -0.683. The van der Waals surface area contributed by atoms with Crippen molar-refractivity contribution in [2.75, 3.05) is 18.5 Å². The quantitative estimate of drug-likeness (QED) is 0.726. The average molecular weight is 236 g/mol. The number of carbonyl (C=O) groups excluding carboxylic acids is 2. The molecule has 0 fully saturated rings. The lowest BCUT2D eigenvalue weighted by Crippen LogP contribution is -2.12. The molecule has 0 spiro atoms. The highest BCUT2D eigenvalue weighted by atomic mass is 16.5. The molecule has 0 aliphatic heterocycles. The number of primary amides is 1. The van der Waals surface area contributed by atoms with Crippen LogP contribution in [-0.2, 0) is 9.53 Å². The summed E-state index contributed by atoms with van der Waals surface area (Å²) in [5, 5.41) is 3.05. The van der Waals surface area contributed by atoms with E-state index in [1.165, 1.54) is 0 Å². The van der Waals surface area contributed by atoms with Gasteiger partial charge in [0.2, 0.25) is 5.91 Å². The van der Waals surface area contributed by atoms with Crippen molar-refractivity contribution in [1.82, 2.24) is 0 Å². The van der Waals surface area contributed by atoms with E-state index in [9.17, 15) is 9.59 Å². The first-order valence-electron chi connectivity index (χ1n) is 5.43. The zero-order chi connectivity index (χ0) is 12.7. The molecule has 1 aromatic carbocycles. The molecule has 0 heterocycles. The van der Waals surface area contributed by atoms with Gasteiger partial charge < -0.3 is 15.8 Å². The Balaban J connectivity index is 2.37. The summed E-state index contributed by atoms with van der Waals surface area (Å²) in [7, 11) is 0. The summed E-state index contributed by atoms with van der Waals surface area (Å²) in [6, 6.07) is 6.75. The van der Waals surface area contributed by atoms with Crippen LogP contribution in [0.4, 0.5) is 5.69 Å². The fraction of sp³-hybridized carbons (Fsp3) is 0.333. The largest absolute Gasteiger partial charge is 0.466 e. The SMILES string of the molecule is CCOC(=O)CCNc1ccc(C(N)=O)cc1. The standard InChI is InChI=1S/C12H16N2O3/c1-2-17-11(15)7-8-14-10-5-3-9(4-6-10)12(13)16/h3-6,14H,2,7-8H2,1H3,(H2,13,16). The van der Waals surface area contributed by atoms with Crippen LogP contribution < -0.4 is 11.1 Å². The number of carbonyl (C=O) groups is 2. The number of hydrogen-bond donors (Lipinski definition) is 2. The van der Waals surface area contributed by atoms with Gasteiger partial charge in [-0.2, -0.15) is 0 Å². The molecule has 0 saturated carbocycles. The minimum absolute atomic E-state index is 0.228. The van der Waals surface area contributed by atoms with Gasteiger partial charge in [0.15, 0.2) is 0 Å². The molecule has 17 heavy (non-hydrogen) atoms. The highest BCUT2D eigenvalue weighted by Gasteiger charge is 2.02. The Labute approximate surface area is 99.9 Å². The first-order valence-corrected chi connectivity index (χ1v) is 5.43. The lowest BCUT2D eigenvalue weighted by molar-refractivity contribution is -0.142. The van der Waals surface area contributed by atoms with Crippen LogP contribution in [0.2, 0.25) is 0 Å². The van der Waals surface area contributed by atoms with Crippen LogP contribution in [-0.4, -0.2) is 25.0 Å². The minimum Gasteiger partial charge on any atom is -0.466 e. The minimum atomic E-state index is -0.455. The number of hydrogen-bond acceptors (Lipinski definition) is 4. The molecule has 0 saturated heterocycles. The van der Waals surface area contributed by atoms with Crippen LogP contribution in [0, 0.1) is 0 Å². The molecule has 0 aliphatic carbocycles. The molecule has 1 rings (SSSR count). The van der Waals surface area contributed by atoms with Gasteiger partial charge in [0.1, 0.15) is 0 Å². The van der Waals surface area contributed by atoms with Gasteiger partial charge in [-0.1, -0.05) is 0 Å². The molecule has 1 amide bonds. The number of benzene rings is 1. The predicted octanol–water partition coefficient (Wildman–Crippen LogP) is 1.15. The molecular weight excluding hydrogens is 220 g/mol. The Morgan fingerprint density at radius 3 is 2.47 bits per heavy atom. The Kier molecular flexibility index (Phi) is 5.00. The van der Waals surface area contributed by atoms with Crippen molar-refractivity contribution in [3.63, 3.8) is 0 Å². The van der Waals surface area contributed by atoms with Crippen LogP contribution in [0.3, 0.4) is 0 Å². The van der Waals surface area contributed by atoms with Gasteiger partial charge >= 0.3 is 5.97 Å². The number of nitrogens with two attached hydrogens (primary N) is 1. The number of esters is 1. The van der Waals surface area contributed by atoms with Crippen molar-refractivity contribution in [3.05, 3.63) is 29.8 Å². The normalized spacial score (nSPS) is 9.71. The van der Waals surface area contributed by atoms with Gasteiger partial charge in [-0.3, -0.25) is 9.59 Å². The second-order valence-electron chi connectivity index (χ2n) is 3.42. The molecular formula is C12H16N2O3. The number of nitrogens with one attached hydrogen (secondary N) is 1. The van der Waals surface area contributed by atoms with E-state index in [2.05, 4.69) is 5.32 Å². The van der Waals surface area contributed by atoms with E-state index in [-0.39, 0.29) is 5.97 Å². The molecule has 92 valence electrons. The van der Waals surface area contributed by atoms with E-state index in [1.807, 2.05) is 0 Å². The van der Waals surface area contributed by atoms with Crippen LogP contribution in [0.5, 0.6) is 0 Å². The van der Waals surface area contributed by atoms with Gasteiger partial charge in [0.25, 0.3) is 0 Å². The molecule has 0 atom stereocenters. The molecule has 0 unspecified atom stereocenters. The Morgan fingerprint density at radius 2 is 1.94 bits per heavy atom. The molecule has 1 aromatic rings. The summed E-state index contributed by atoms with van der Waals surface area (Å²) >= 11 is 0. The monoisotopic (exact) mass is 236 g/mol. The van der Waals surface area contributed by atoms with Gasteiger partial charge in [-0.05, 0) is 31.2 Å².